The Morgan fingerprint density at radius 2 is 1.69 bits per heavy atom. The first-order chi connectivity index (χ1) is 16.4. The number of fused-ring (bicyclic) bond motifs is 5. The predicted octanol–water partition coefficient (Wildman–Crippen LogP) is 4.31. The van der Waals surface area contributed by atoms with Crippen molar-refractivity contribution in [3.63, 3.8) is 0 Å². The summed E-state index contributed by atoms with van der Waals surface area (Å²) in [6, 6.07) is 0. The van der Waals surface area contributed by atoms with Gasteiger partial charge in [-0.25, -0.2) is 0 Å². The number of carbonyl (C=O) groups is 4. The van der Waals surface area contributed by atoms with Gasteiger partial charge in [-0.1, -0.05) is 19.4 Å². The summed E-state index contributed by atoms with van der Waals surface area (Å²) in [5, 5.41) is 0. The van der Waals surface area contributed by atoms with Crippen molar-refractivity contribution in [2.24, 2.45) is 34.5 Å². The number of hydrogen-bond acceptors (Lipinski definition) is 7. The molecule has 0 aromatic carbocycles. The number of ether oxygens (including phenoxy) is 3. The van der Waals surface area contributed by atoms with Gasteiger partial charge < -0.3 is 14.2 Å². The lowest BCUT2D eigenvalue weighted by atomic mass is 9.44. The van der Waals surface area contributed by atoms with Crippen LogP contribution in [0.15, 0.2) is 11.6 Å². The van der Waals surface area contributed by atoms with E-state index in [4.69, 9.17) is 14.2 Å². The fraction of sp³-hybridized carbons (Fsp3) is 0.786. The zero-order valence-corrected chi connectivity index (χ0v) is 21.6. The molecule has 0 amide bonds. The van der Waals surface area contributed by atoms with Crippen LogP contribution in [0.3, 0.4) is 0 Å². The molecule has 0 radical (unpaired) electrons. The molecule has 7 nitrogen and oxygen atoms in total. The molecule has 1 aliphatic heterocycles. The number of cyclic esters (lactones) is 1. The van der Waals surface area contributed by atoms with Gasteiger partial charge in [-0.15, -0.1) is 0 Å². The van der Waals surface area contributed by atoms with Crippen molar-refractivity contribution < 1.29 is 33.4 Å². The number of ketones is 1. The van der Waals surface area contributed by atoms with E-state index in [0.717, 1.165) is 24.8 Å². The molecular weight excluding hydrogens is 448 g/mol. The third-order valence-electron chi connectivity index (χ3n) is 10.6. The highest BCUT2D eigenvalue weighted by Gasteiger charge is 2.69. The zero-order chi connectivity index (χ0) is 25.3. The Labute approximate surface area is 207 Å². The van der Waals surface area contributed by atoms with E-state index in [2.05, 4.69) is 13.8 Å². The van der Waals surface area contributed by atoms with Gasteiger partial charge in [0, 0.05) is 50.4 Å². The molecule has 5 rings (SSSR count). The SMILES string of the molecule is CC(=O)O[C@H]1C[C@H]2[C@@H]([C@H](OC(C)=O)CC3=CC(=O)CC[C@@]32C)[C@@H]2CC[C@H]([C@]3(C)CCC(=O)O3)[C@@]12C. The molecule has 0 bridgehead atoms. The smallest absolute Gasteiger partial charge is 0.306 e. The highest BCUT2D eigenvalue weighted by atomic mass is 16.6. The molecule has 0 spiro atoms. The zero-order valence-electron chi connectivity index (χ0n) is 21.6. The van der Waals surface area contributed by atoms with Gasteiger partial charge in [0.1, 0.15) is 17.8 Å². The monoisotopic (exact) mass is 486 g/mol. The molecule has 7 heteroatoms. The lowest BCUT2D eigenvalue weighted by Gasteiger charge is -2.62. The van der Waals surface area contributed by atoms with E-state index in [-0.39, 0.29) is 65.0 Å². The molecule has 4 aliphatic carbocycles. The Morgan fingerprint density at radius 1 is 0.971 bits per heavy atom. The summed E-state index contributed by atoms with van der Waals surface area (Å²) < 4.78 is 18.0. The minimum absolute atomic E-state index is 0.0485. The summed E-state index contributed by atoms with van der Waals surface area (Å²) in [7, 11) is 0. The van der Waals surface area contributed by atoms with E-state index in [0.29, 0.717) is 32.1 Å². The van der Waals surface area contributed by atoms with Crippen LogP contribution in [-0.4, -0.2) is 41.5 Å². The molecule has 0 N–H and O–H groups in total. The number of esters is 3. The predicted molar refractivity (Wildman–Crippen MR) is 126 cm³/mol. The van der Waals surface area contributed by atoms with Crippen molar-refractivity contribution in [1.82, 2.24) is 0 Å². The Hall–Kier alpha value is -2.18. The molecule has 1 heterocycles. The van der Waals surface area contributed by atoms with E-state index in [1.54, 1.807) is 6.08 Å². The quantitative estimate of drug-likeness (QED) is 0.433. The maximum Gasteiger partial charge on any atom is 0.306 e. The number of carbonyl (C=O) groups excluding carboxylic acids is 4. The average molecular weight is 487 g/mol. The topological polar surface area (TPSA) is 96.0 Å². The van der Waals surface area contributed by atoms with Crippen LogP contribution in [0.1, 0.15) is 86.0 Å². The van der Waals surface area contributed by atoms with Crippen molar-refractivity contribution >= 4 is 23.7 Å². The van der Waals surface area contributed by atoms with Crippen LogP contribution in [0.5, 0.6) is 0 Å². The molecular formula is C28H38O7. The molecule has 5 aliphatic rings. The lowest BCUT2D eigenvalue weighted by Crippen LogP contribution is -2.62. The molecule has 0 unspecified atom stereocenters. The highest BCUT2D eigenvalue weighted by Crippen LogP contribution is 2.69. The summed E-state index contributed by atoms with van der Waals surface area (Å²) in [4.78, 5) is 49.1. The first kappa shape index (κ1) is 24.5. The Bertz CT molecular complexity index is 999. The first-order valence-electron chi connectivity index (χ1n) is 13.2. The van der Waals surface area contributed by atoms with Crippen LogP contribution < -0.4 is 0 Å². The second-order valence-corrected chi connectivity index (χ2v) is 12.3. The third kappa shape index (κ3) is 3.67. The van der Waals surface area contributed by atoms with Crippen molar-refractivity contribution in [3.8, 4) is 0 Å². The summed E-state index contributed by atoms with van der Waals surface area (Å²) in [5.41, 5.74) is -0.134. The third-order valence-corrected chi connectivity index (χ3v) is 10.6. The van der Waals surface area contributed by atoms with Gasteiger partial charge in [0.05, 0.1) is 0 Å². The summed E-state index contributed by atoms with van der Waals surface area (Å²) >= 11 is 0. The average Bonchev–Trinajstić information content (AvgIpc) is 3.29. The molecule has 35 heavy (non-hydrogen) atoms. The van der Waals surface area contributed by atoms with Crippen molar-refractivity contribution in [2.75, 3.05) is 0 Å². The molecule has 192 valence electrons. The van der Waals surface area contributed by atoms with Crippen molar-refractivity contribution in [1.29, 1.82) is 0 Å². The van der Waals surface area contributed by atoms with Gasteiger partial charge in [0.25, 0.3) is 0 Å². The lowest BCUT2D eigenvalue weighted by molar-refractivity contribution is -0.210. The maximum atomic E-state index is 12.3. The fourth-order valence-electron chi connectivity index (χ4n) is 9.10. The largest absolute Gasteiger partial charge is 0.462 e. The maximum absolute atomic E-state index is 12.3. The van der Waals surface area contributed by atoms with Crippen molar-refractivity contribution in [3.05, 3.63) is 11.6 Å². The first-order valence-corrected chi connectivity index (χ1v) is 13.2. The molecule has 1 saturated heterocycles. The Balaban J connectivity index is 1.61. The minimum Gasteiger partial charge on any atom is -0.462 e. The normalized spacial score (nSPS) is 46.6. The van der Waals surface area contributed by atoms with Gasteiger partial charge in [-0.3, -0.25) is 19.2 Å². The second kappa shape index (κ2) is 8.17. The Morgan fingerprint density at radius 3 is 2.31 bits per heavy atom. The van der Waals surface area contributed by atoms with E-state index in [1.807, 2.05) is 6.92 Å². The molecule has 0 aromatic heterocycles. The molecule has 3 saturated carbocycles. The van der Waals surface area contributed by atoms with Crippen LogP contribution in [0.4, 0.5) is 0 Å². The van der Waals surface area contributed by atoms with Gasteiger partial charge in [0.15, 0.2) is 5.78 Å². The second-order valence-electron chi connectivity index (χ2n) is 12.3. The summed E-state index contributed by atoms with van der Waals surface area (Å²) in [5.74, 6) is -0.236. The molecule has 9 atom stereocenters. The van der Waals surface area contributed by atoms with Gasteiger partial charge in [0.2, 0.25) is 0 Å². The van der Waals surface area contributed by atoms with Crippen LogP contribution >= 0.6 is 0 Å². The highest BCUT2D eigenvalue weighted by molar-refractivity contribution is 5.91. The van der Waals surface area contributed by atoms with E-state index >= 15 is 0 Å². The van der Waals surface area contributed by atoms with Gasteiger partial charge >= 0.3 is 17.9 Å². The van der Waals surface area contributed by atoms with Crippen LogP contribution in [0, 0.1) is 34.5 Å². The molecule has 4 fully saturated rings. The van der Waals surface area contributed by atoms with Crippen molar-refractivity contribution in [2.45, 2.75) is 104 Å². The van der Waals surface area contributed by atoms with E-state index in [1.165, 1.54) is 13.8 Å². The fourth-order valence-corrected chi connectivity index (χ4v) is 9.10. The van der Waals surface area contributed by atoms with E-state index in [9.17, 15) is 19.2 Å². The summed E-state index contributed by atoms with van der Waals surface area (Å²) in [6.45, 7) is 9.39. The van der Waals surface area contributed by atoms with Crippen LogP contribution in [0.25, 0.3) is 0 Å². The van der Waals surface area contributed by atoms with E-state index < -0.39 is 11.0 Å². The van der Waals surface area contributed by atoms with Gasteiger partial charge in [-0.2, -0.15) is 0 Å². The Kier molecular flexibility index (Phi) is 5.72. The van der Waals surface area contributed by atoms with Crippen LogP contribution in [0.2, 0.25) is 0 Å². The summed E-state index contributed by atoms with van der Waals surface area (Å²) in [6.07, 6.45) is 6.48. The minimum atomic E-state index is -0.594. The molecule has 0 aromatic rings. The van der Waals surface area contributed by atoms with Crippen LogP contribution in [-0.2, 0) is 33.4 Å². The number of hydrogen-bond donors (Lipinski definition) is 0. The number of rotatable bonds is 3. The van der Waals surface area contributed by atoms with Gasteiger partial charge in [-0.05, 0) is 62.4 Å². The standard InChI is InChI=1S/C28H38O7/c1-15(29)33-21-13-17-12-18(31)8-10-26(17,3)20-14-23(34-16(2)30)28(5)19(25(20)21)6-7-22(28)27(4)11-9-24(32)35-27/h12,19-23,25H,6-11,13-14H2,1-5H3/t19-,20-,21+,22+,23-,25-,26-,27-,28-/m0/s1.